The Kier molecular flexibility index (Phi) is 6.50. The van der Waals surface area contributed by atoms with Crippen LogP contribution in [0, 0.1) is 5.92 Å². The standard InChI is InChI=1S/C21H31N3O5S/c1-17-5-7-22(8-6-17)16-21(25)23-9-11-24(12-10-23)30(26,27)18-3-4-19-20(15-18)29-14-2-13-28-19/h3-4,15,17H,2,5-14,16H2,1H3. The van der Waals surface area contributed by atoms with E-state index in [-0.39, 0.29) is 10.8 Å². The Balaban J connectivity index is 1.35. The summed E-state index contributed by atoms with van der Waals surface area (Å²) in [5.41, 5.74) is 0. The molecule has 1 amide bonds. The first-order valence-electron chi connectivity index (χ1n) is 10.8. The summed E-state index contributed by atoms with van der Waals surface area (Å²) in [4.78, 5) is 16.9. The predicted octanol–water partition coefficient (Wildman–Crippen LogP) is 1.41. The van der Waals surface area contributed by atoms with Crippen molar-refractivity contribution in [1.29, 1.82) is 0 Å². The molecule has 3 heterocycles. The van der Waals surface area contributed by atoms with Crippen molar-refractivity contribution in [3.05, 3.63) is 18.2 Å². The molecule has 1 aromatic carbocycles. The lowest BCUT2D eigenvalue weighted by molar-refractivity contribution is -0.133. The lowest BCUT2D eigenvalue weighted by atomic mass is 9.99. The number of hydrogen-bond donors (Lipinski definition) is 0. The van der Waals surface area contributed by atoms with E-state index in [1.165, 1.54) is 4.31 Å². The van der Waals surface area contributed by atoms with Crippen molar-refractivity contribution in [3.8, 4) is 11.5 Å². The fourth-order valence-corrected chi connectivity index (χ4v) is 5.58. The summed E-state index contributed by atoms with van der Waals surface area (Å²) in [5, 5.41) is 0. The van der Waals surface area contributed by atoms with Crippen LogP contribution in [0.1, 0.15) is 26.2 Å². The minimum atomic E-state index is -3.64. The Morgan fingerprint density at radius 2 is 1.67 bits per heavy atom. The van der Waals surface area contributed by atoms with E-state index < -0.39 is 10.0 Å². The number of carbonyl (C=O) groups excluding carboxylic acids is 1. The molecule has 0 N–H and O–H groups in total. The smallest absolute Gasteiger partial charge is 0.243 e. The quantitative estimate of drug-likeness (QED) is 0.709. The molecule has 8 nitrogen and oxygen atoms in total. The third-order valence-electron chi connectivity index (χ3n) is 6.18. The highest BCUT2D eigenvalue weighted by Gasteiger charge is 2.31. The zero-order valence-electron chi connectivity index (χ0n) is 17.6. The van der Waals surface area contributed by atoms with Gasteiger partial charge in [-0.1, -0.05) is 6.92 Å². The number of sulfonamides is 1. The number of amides is 1. The number of nitrogens with zero attached hydrogens (tertiary/aromatic N) is 3. The largest absolute Gasteiger partial charge is 0.490 e. The lowest BCUT2D eigenvalue weighted by Crippen LogP contribution is -2.53. The summed E-state index contributed by atoms with van der Waals surface area (Å²) in [5.74, 6) is 1.87. The maximum atomic E-state index is 13.1. The molecule has 0 spiro atoms. The third kappa shape index (κ3) is 4.73. The molecule has 9 heteroatoms. The highest BCUT2D eigenvalue weighted by molar-refractivity contribution is 7.89. The molecule has 3 aliphatic heterocycles. The number of benzene rings is 1. The first-order valence-corrected chi connectivity index (χ1v) is 12.3. The van der Waals surface area contributed by atoms with Crippen LogP contribution in [0.15, 0.2) is 23.1 Å². The summed E-state index contributed by atoms with van der Waals surface area (Å²) < 4.78 is 38.9. The van der Waals surface area contributed by atoms with Gasteiger partial charge in [0.15, 0.2) is 11.5 Å². The van der Waals surface area contributed by atoms with Gasteiger partial charge >= 0.3 is 0 Å². The second-order valence-electron chi connectivity index (χ2n) is 8.40. The molecule has 0 saturated carbocycles. The zero-order valence-corrected chi connectivity index (χ0v) is 18.4. The molecule has 3 aliphatic rings. The van der Waals surface area contributed by atoms with E-state index in [2.05, 4.69) is 11.8 Å². The first kappa shape index (κ1) is 21.4. The third-order valence-corrected chi connectivity index (χ3v) is 8.08. The Bertz CT molecular complexity index is 859. The van der Waals surface area contributed by atoms with Gasteiger partial charge in [0.05, 0.1) is 24.7 Å². The monoisotopic (exact) mass is 437 g/mol. The van der Waals surface area contributed by atoms with Gasteiger partial charge in [-0.25, -0.2) is 8.42 Å². The molecule has 2 saturated heterocycles. The normalized spacial score (nSPS) is 22.0. The van der Waals surface area contributed by atoms with Crippen LogP contribution in [0.3, 0.4) is 0 Å². The SMILES string of the molecule is CC1CCN(CC(=O)N2CCN(S(=O)(=O)c3ccc4c(c3)OCCCO4)CC2)CC1. The lowest BCUT2D eigenvalue weighted by Gasteiger charge is -2.36. The minimum absolute atomic E-state index is 0.0946. The highest BCUT2D eigenvalue weighted by atomic mass is 32.2. The van der Waals surface area contributed by atoms with Crippen LogP contribution in [-0.4, -0.2) is 87.5 Å². The van der Waals surface area contributed by atoms with Crippen LogP contribution < -0.4 is 9.47 Å². The van der Waals surface area contributed by atoms with E-state index in [1.807, 2.05) is 0 Å². The summed E-state index contributed by atoms with van der Waals surface area (Å²) >= 11 is 0. The van der Waals surface area contributed by atoms with Crippen LogP contribution >= 0.6 is 0 Å². The first-order chi connectivity index (χ1) is 14.4. The van der Waals surface area contributed by atoms with Crippen LogP contribution in [0.4, 0.5) is 0 Å². The van der Waals surface area contributed by atoms with Crippen LogP contribution in [-0.2, 0) is 14.8 Å². The number of piperidine rings is 1. The van der Waals surface area contributed by atoms with Crippen molar-refractivity contribution in [2.45, 2.75) is 31.1 Å². The van der Waals surface area contributed by atoms with Crippen LogP contribution in [0.25, 0.3) is 0 Å². The summed E-state index contributed by atoms with van der Waals surface area (Å²) in [6.45, 7) is 7.14. The second kappa shape index (κ2) is 9.11. The van der Waals surface area contributed by atoms with Gasteiger partial charge < -0.3 is 14.4 Å². The Morgan fingerprint density at radius 1 is 1.00 bits per heavy atom. The molecule has 0 unspecified atom stereocenters. The molecule has 0 radical (unpaired) electrons. The topological polar surface area (TPSA) is 79.4 Å². The molecule has 30 heavy (non-hydrogen) atoms. The van der Waals surface area contributed by atoms with Crippen molar-refractivity contribution in [2.75, 3.05) is 59.0 Å². The van der Waals surface area contributed by atoms with E-state index in [4.69, 9.17) is 9.47 Å². The van der Waals surface area contributed by atoms with Gasteiger partial charge in [-0.15, -0.1) is 0 Å². The van der Waals surface area contributed by atoms with E-state index in [0.717, 1.165) is 38.3 Å². The summed E-state index contributed by atoms with van der Waals surface area (Å²) in [6, 6.07) is 4.77. The van der Waals surface area contributed by atoms with Gasteiger partial charge in [-0.2, -0.15) is 4.31 Å². The Morgan fingerprint density at radius 3 is 2.37 bits per heavy atom. The van der Waals surface area contributed by atoms with E-state index in [0.29, 0.717) is 57.4 Å². The molecule has 0 atom stereocenters. The van der Waals surface area contributed by atoms with Crippen LogP contribution in [0.5, 0.6) is 11.5 Å². The van der Waals surface area contributed by atoms with E-state index in [1.54, 1.807) is 23.1 Å². The fraction of sp³-hybridized carbons (Fsp3) is 0.667. The molecule has 1 aromatic rings. The molecule has 0 bridgehead atoms. The molecule has 0 aromatic heterocycles. The van der Waals surface area contributed by atoms with Gasteiger partial charge in [0.2, 0.25) is 15.9 Å². The average Bonchev–Trinajstić information content (AvgIpc) is 3.00. The number of hydrogen-bond acceptors (Lipinski definition) is 6. The van der Waals surface area contributed by atoms with Gasteiger partial charge in [0, 0.05) is 38.7 Å². The number of rotatable bonds is 4. The van der Waals surface area contributed by atoms with Gasteiger partial charge in [-0.05, 0) is 44.0 Å². The zero-order chi connectivity index (χ0) is 21.1. The van der Waals surface area contributed by atoms with Gasteiger partial charge in [0.1, 0.15) is 0 Å². The maximum Gasteiger partial charge on any atom is 0.243 e. The molecular formula is C21H31N3O5S. The number of likely N-dealkylation sites (tertiary alicyclic amines) is 1. The summed E-state index contributed by atoms with van der Waals surface area (Å²) in [7, 11) is -3.64. The maximum absolute atomic E-state index is 13.1. The van der Waals surface area contributed by atoms with Crippen molar-refractivity contribution in [3.63, 3.8) is 0 Å². The van der Waals surface area contributed by atoms with Gasteiger partial charge in [0.25, 0.3) is 0 Å². The van der Waals surface area contributed by atoms with Gasteiger partial charge in [-0.3, -0.25) is 9.69 Å². The molecule has 4 rings (SSSR count). The number of ether oxygens (including phenoxy) is 2. The number of carbonyl (C=O) groups is 1. The number of piperazine rings is 1. The molecule has 166 valence electrons. The Hall–Kier alpha value is -1.84. The van der Waals surface area contributed by atoms with E-state index in [9.17, 15) is 13.2 Å². The van der Waals surface area contributed by atoms with Crippen LogP contribution in [0.2, 0.25) is 0 Å². The average molecular weight is 438 g/mol. The van der Waals surface area contributed by atoms with Crippen molar-refractivity contribution < 1.29 is 22.7 Å². The molecular weight excluding hydrogens is 406 g/mol. The minimum Gasteiger partial charge on any atom is -0.490 e. The van der Waals surface area contributed by atoms with E-state index >= 15 is 0 Å². The molecule has 2 fully saturated rings. The molecule has 0 aliphatic carbocycles. The second-order valence-corrected chi connectivity index (χ2v) is 10.3. The fourth-order valence-electron chi connectivity index (χ4n) is 4.14. The Labute approximate surface area is 178 Å². The van der Waals surface area contributed by atoms with Crippen molar-refractivity contribution in [1.82, 2.24) is 14.1 Å². The predicted molar refractivity (Wildman–Crippen MR) is 112 cm³/mol. The van der Waals surface area contributed by atoms with Crippen molar-refractivity contribution in [2.24, 2.45) is 5.92 Å². The highest BCUT2D eigenvalue weighted by Crippen LogP contribution is 2.33. The number of fused-ring (bicyclic) bond motifs is 1. The summed E-state index contributed by atoms with van der Waals surface area (Å²) in [6.07, 6.45) is 3.03. The van der Waals surface area contributed by atoms with Crippen molar-refractivity contribution >= 4 is 15.9 Å².